The summed E-state index contributed by atoms with van der Waals surface area (Å²) in [5, 5.41) is 11.4. The molecule has 0 saturated heterocycles. The number of hydrogen-bond acceptors (Lipinski definition) is 5. The van der Waals surface area contributed by atoms with E-state index in [1.807, 2.05) is 0 Å². The Morgan fingerprint density at radius 3 is 2.67 bits per heavy atom. The van der Waals surface area contributed by atoms with E-state index in [4.69, 9.17) is 9.66 Å². The molecule has 1 amide bonds. The smallest absolute Gasteiger partial charge is 0.290 e. The Labute approximate surface area is 122 Å². The molecule has 0 fully saturated rings. The molecule has 0 saturated carbocycles. The molecule has 21 heavy (non-hydrogen) atoms. The molecule has 1 atom stereocenters. The third-order valence-electron chi connectivity index (χ3n) is 2.89. The van der Waals surface area contributed by atoms with E-state index in [1.165, 1.54) is 18.2 Å². The highest BCUT2D eigenvalue weighted by molar-refractivity contribution is 7.89. The van der Waals surface area contributed by atoms with E-state index in [2.05, 4.69) is 10.5 Å². The van der Waals surface area contributed by atoms with Gasteiger partial charge in [0.25, 0.3) is 5.91 Å². The molecule has 112 valence electrons. The van der Waals surface area contributed by atoms with Crippen LogP contribution in [0.1, 0.15) is 34.8 Å². The van der Waals surface area contributed by atoms with Gasteiger partial charge in [-0.2, -0.15) is 0 Å². The van der Waals surface area contributed by atoms with Crippen molar-refractivity contribution in [2.45, 2.75) is 24.8 Å². The summed E-state index contributed by atoms with van der Waals surface area (Å²) in [6, 6.07) is 7.19. The number of rotatable bonds is 4. The first-order valence-electron chi connectivity index (χ1n) is 6.14. The first-order valence-corrected chi connectivity index (χ1v) is 7.69. The Morgan fingerprint density at radius 2 is 2.10 bits per heavy atom. The number of benzene rings is 1. The lowest BCUT2D eigenvalue weighted by Crippen LogP contribution is -2.26. The van der Waals surface area contributed by atoms with E-state index in [-0.39, 0.29) is 10.7 Å². The number of nitrogens with one attached hydrogen (secondary N) is 1. The van der Waals surface area contributed by atoms with Gasteiger partial charge in [0.1, 0.15) is 0 Å². The van der Waals surface area contributed by atoms with Crippen LogP contribution in [0.2, 0.25) is 0 Å². The van der Waals surface area contributed by atoms with E-state index >= 15 is 0 Å². The highest BCUT2D eigenvalue weighted by Gasteiger charge is 2.17. The Balaban J connectivity index is 2.17. The molecule has 0 bridgehead atoms. The summed E-state index contributed by atoms with van der Waals surface area (Å²) in [5.41, 5.74) is 1.22. The number of amides is 1. The first kappa shape index (κ1) is 15.2. The van der Waals surface area contributed by atoms with Gasteiger partial charge in [-0.1, -0.05) is 17.3 Å². The quantitative estimate of drug-likeness (QED) is 0.878. The van der Waals surface area contributed by atoms with Crippen LogP contribution < -0.4 is 10.5 Å². The summed E-state index contributed by atoms with van der Waals surface area (Å²) >= 11 is 0. The normalized spacial score (nSPS) is 12.9. The molecule has 0 aliphatic heterocycles. The van der Waals surface area contributed by atoms with Gasteiger partial charge in [0.2, 0.25) is 15.8 Å². The minimum atomic E-state index is -3.78. The Hall–Kier alpha value is -2.19. The molecular weight excluding hydrogens is 294 g/mol. The molecule has 2 aromatic rings. The van der Waals surface area contributed by atoms with Gasteiger partial charge in [0.15, 0.2) is 0 Å². The fourth-order valence-corrected chi connectivity index (χ4v) is 2.35. The van der Waals surface area contributed by atoms with Crippen molar-refractivity contribution in [2.24, 2.45) is 5.14 Å². The largest absolute Gasteiger partial charge is 0.351 e. The molecule has 0 aliphatic carbocycles. The van der Waals surface area contributed by atoms with Gasteiger partial charge >= 0.3 is 0 Å². The van der Waals surface area contributed by atoms with Gasteiger partial charge in [-0.05, 0) is 31.5 Å². The lowest BCUT2D eigenvalue weighted by molar-refractivity contribution is 0.0902. The summed E-state index contributed by atoms with van der Waals surface area (Å²) in [5.74, 6) is -0.328. The summed E-state index contributed by atoms with van der Waals surface area (Å²) in [6.07, 6.45) is 0. The summed E-state index contributed by atoms with van der Waals surface area (Å²) in [7, 11) is -3.78. The van der Waals surface area contributed by atoms with Gasteiger partial charge in [0, 0.05) is 6.07 Å². The predicted octanol–water partition coefficient (Wildman–Crippen LogP) is 1.12. The molecule has 0 radical (unpaired) electrons. The Morgan fingerprint density at radius 1 is 1.38 bits per heavy atom. The lowest BCUT2D eigenvalue weighted by Gasteiger charge is -2.13. The molecule has 1 aromatic heterocycles. The number of sulfonamides is 1. The van der Waals surface area contributed by atoms with Crippen molar-refractivity contribution < 1.29 is 17.7 Å². The van der Waals surface area contributed by atoms with Gasteiger partial charge in [-0.25, -0.2) is 13.6 Å². The van der Waals surface area contributed by atoms with Crippen molar-refractivity contribution in [3.63, 3.8) is 0 Å². The molecule has 1 aromatic carbocycles. The van der Waals surface area contributed by atoms with Crippen molar-refractivity contribution in [2.75, 3.05) is 0 Å². The third kappa shape index (κ3) is 3.67. The number of primary sulfonamides is 1. The molecule has 2 rings (SSSR count). The zero-order chi connectivity index (χ0) is 15.6. The maximum atomic E-state index is 11.9. The first-order chi connectivity index (χ1) is 9.77. The monoisotopic (exact) mass is 309 g/mol. The second kappa shape index (κ2) is 5.66. The molecule has 1 unspecified atom stereocenters. The maximum Gasteiger partial charge on any atom is 0.290 e. The third-order valence-corrected chi connectivity index (χ3v) is 3.80. The van der Waals surface area contributed by atoms with E-state index in [0.29, 0.717) is 11.3 Å². The van der Waals surface area contributed by atoms with Crippen LogP contribution in [0.25, 0.3) is 0 Å². The number of carbonyl (C=O) groups excluding carboxylic acids is 1. The summed E-state index contributed by atoms with van der Waals surface area (Å²) in [6.45, 7) is 3.43. The van der Waals surface area contributed by atoms with Crippen LogP contribution in [0.15, 0.2) is 39.8 Å². The lowest BCUT2D eigenvalue weighted by atomic mass is 10.1. The highest BCUT2D eigenvalue weighted by Crippen LogP contribution is 2.17. The van der Waals surface area contributed by atoms with Crippen molar-refractivity contribution in [3.05, 3.63) is 47.3 Å². The standard InChI is InChI=1S/C13H15N3O4S/c1-8-6-12(20-16-8)13(17)15-9(2)10-4-3-5-11(7-10)21(14,18)19/h3-7,9H,1-2H3,(H,15,17)(H2,14,18,19). The van der Waals surface area contributed by atoms with Crippen LogP contribution in [0.4, 0.5) is 0 Å². The number of aryl methyl sites for hydroxylation is 1. The minimum Gasteiger partial charge on any atom is -0.351 e. The van der Waals surface area contributed by atoms with Crippen molar-refractivity contribution in [3.8, 4) is 0 Å². The van der Waals surface area contributed by atoms with Gasteiger partial charge in [-0.3, -0.25) is 4.79 Å². The second-order valence-corrected chi connectivity index (χ2v) is 6.21. The van der Waals surface area contributed by atoms with E-state index in [9.17, 15) is 13.2 Å². The van der Waals surface area contributed by atoms with Crippen LogP contribution in [0.3, 0.4) is 0 Å². The number of hydrogen-bond donors (Lipinski definition) is 2. The second-order valence-electron chi connectivity index (χ2n) is 4.65. The van der Waals surface area contributed by atoms with Crippen molar-refractivity contribution in [1.29, 1.82) is 0 Å². The molecule has 3 N–H and O–H groups in total. The van der Waals surface area contributed by atoms with Gasteiger partial charge in [0.05, 0.1) is 16.6 Å². The summed E-state index contributed by atoms with van der Waals surface area (Å²) in [4.78, 5) is 11.9. The van der Waals surface area contributed by atoms with Gasteiger partial charge < -0.3 is 9.84 Å². The highest BCUT2D eigenvalue weighted by atomic mass is 32.2. The number of nitrogens with zero attached hydrogens (tertiary/aromatic N) is 1. The zero-order valence-electron chi connectivity index (χ0n) is 11.5. The Bertz CT molecular complexity index is 767. The topological polar surface area (TPSA) is 115 Å². The maximum absolute atomic E-state index is 11.9. The predicted molar refractivity (Wildman–Crippen MR) is 74.9 cm³/mol. The molecule has 8 heteroatoms. The summed E-state index contributed by atoms with van der Waals surface area (Å²) < 4.78 is 27.5. The molecule has 7 nitrogen and oxygen atoms in total. The fourth-order valence-electron chi connectivity index (χ4n) is 1.78. The number of nitrogens with two attached hydrogens (primary N) is 1. The van der Waals surface area contributed by atoms with E-state index < -0.39 is 22.0 Å². The minimum absolute atomic E-state index is 0.00314. The molecular formula is C13H15N3O4S. The average Bonchev–Trinajstić information content (AvgIpc) is 2.84. The van der Waals surface area contributed by atoms with Crippen LogP contribution in [0, 0.1) is 6.92 Å². The van der Waals surface area contributed by atoms with Crippen molar-refractivity contribution in [1.82, 2.24) is 10.5 Å². The van der Waals surface area contributed by atoms with Crippen LogP contribution in [-0.4, -0.2) is 19.5 Å². The SMILES string of the molecule is Cc1cc(C(=O)NC(C)c2cccc(S(N)(=O)=O)c2)on1. The van der Waals surface area contributed by atoms with Crippen LogP contribution >= 0.6 is 0 Å². The number of carbonyl (C=O) groups is 1. The molecule has 0 aliphatic rings. The number of aromatic nitrogens is 1. The van der Waals surface area contributed by atoms with Crippen LogP contribution in [-0.2, 0) is 10.0 Å². The molecule has 0 spiro atoms. The average molecular weight is 309 g/mol. The Kier molecular flexibility index (Phi) is 4.10. The van der Waals surface area contributed by atoms with E-state index in [0.717, 1.165) is 0 Å². The van der Waals surface area contributed by atoms with Crippen LogP contribution in [0.5, 0.6) is 0 Å². The molecule has 1 heterocycles. The van der Waals surface area contributed by atoms with Crippen molar-refractivity contribution >= 4 is 15.9 Å². The van der Waals surface area contributed by atoms with E-state index in [1.54, 1.807) is 26.0 Å². The van der Waals surface area contributed by atoms with Gasteiger partial charge in [-0.15, -0.1) is 0 Å². The zero-order valence-corrected chi connectivity index (χ0v) is 12.3. The fraction of sp³-hybridized carbons (Fsp3) is 0.231.